The lowest BCUT2D eigenvalue weighted by molar-refractivity contribution is -0.306. The van der Waals surface area contributed by atoms with Gasteiger partial charge in [-0.1, -0.05) is 0 Å². The molecule has 2 fully saturated rings. The summed E-state index contributed by atoms with van der Waals surface area (Å²) in [4.78, 5) is 14.8. The summed E-state index contributed by atoms with van der Waals surface area (Å²) >= 11 is 0. The summed E-state index contributed by atoms with van der Waals surface area (Å²) in [7, 11) is -51.9. The predicted octanol–water partition coefficient (Wildman–Crippen LogP) is -4.25. The molecular weight excluding hydrogens is 1420 g/mol. The maximum absolute atomic E-state index is 14.8. The van der Waals surface area contributed by atoms with E-state index < -0.39 is 258 Å². The van der Waals surface area contributed by atoms with Crippen molar-refractivity contribution in [3.8, 4) is 40.1 Å². The van der Waals surface area contributed by atoms with Crippen molar-refractivity contribution in [3.05, 3.63) is 40.6 Å². The zero-order chi connectivity index (χ0) is 66.6. The minimum Gasteiger partial charge on any atom is -0.507 e. The maximum atomic E-state index is 14.8. The molecule has 46 nitrogen and oxygen atoms in total. The summed E-state index contributed by atoms with van der Waals surface area (Å²) in [5, 5.41) is 10.2. The topological polar surface area (TPSA) is 687 Å². The quantitative estimate of drug-likeness (QED) is 0.0204. The van der Waals surface area contributed by atoms with E-state index in [1.54, 1.807) is 0 Å². The van der Waals surface area contributed by atoms with Crippen LogP contribution in [0.1, 0.15) is 6.92 Å². The third kappa shape index (κ3) is 24.2. The van der Waals surface area contributed by atoms with Crippen LogP contribution >= 0.6 is 0 Å². The number of hydrogen-bond acceptors (Lipinski definition) is 37. The van der Waals surface area contributed by atoms with Crippen molar-refractivity contribution in [1.82, 2.24) is 0 Å². The molecule has 0 spiro atoms. The minimum absolute atomic E-state index is 0.520. The van der Waals surface area contributed by atoms with Gasteiger partial charge in [0.1, 0.15) is 92.6 Å². The number of aromatic hydroxyl groups is 1. The Hall–Kier alpha value is -4.64. The summed E-state index contributed by atoms with van der Waals surface area (Å²) in [6.07, 6.45) is -29.8. The Labute approximate surface area is 494 Å². The molecule has 55 heteroatoms. The van der Waals surface area contributed by atoms with Gasteiger partial charge in [-0.05, 0) is 25.1 Å². The van der Waals surface area contributed by atoms with Crippen molar-refractivity contribution in [1.29, 1.82) is 0 Å². The Morgan fingerprint density at radius 3 is 1.35 bits per heavy atom. The Kier molecular flexibility index (Phi) is 24.0. The van der Waals surface area contributed by atoms with Crippen LogP contribution in [0, 0.1) is 0 Å². The predicted molar refractivity (Wildman–Crippen MR) is 267 cm³/mol. The van der Waals surface area contributed by atoms with Crippen molar-refractivity contribution >= 4 is 105 Å². The summed E-state index contributed by atoms with van der Waals surface area (Å²) < 4.78 is 382. The molecule has 3 heterocycles. The van der Waals surface area contributed by atoms with E-state index in [0.29, 0.717) is 13.0 Å². The van der Waals surface area contributed by atoms with Crippen LogP contribution in [0.2, 0.25) is 0 Å². The molecule has 2 aliphatic rings. The third-order valence-electron chi connectivity index (χ3n) is 10.2. The van der Waals surface area contributed by atoms with Crippen LogP contribution in [0.5, 0.6) is 28.7 Å². The van der Waals surface area contributed by atoms with Crippen LogP contribution < -0.4 is 24.4 Å². The first-order chi connectivity index (χ1) is 39.9. The van der Waals surface area contributed by atoms with Crippen molar-refractivity contribution < 1.29 is 197 Å². The number of fused-ring (bicyclic) bond motifs is 1. The molecular formula is C33H42O46S9. The molecule has 0 saturated carbocycles. The highest BCUT2D eigenvalue weighted by molar-refractivity contribution is 7.82. The molecule has 88 heavy (non-hydrogen) atoms. The van der Waals surface area contributed by atoms with E-state index in [-0.39, 0.29) is 0 Å². The average Bonchev–Trinajstić information content (AvgIpc) is 3.00. The van der Waals surface area contributed by atoms with Gasteiger partial charge in [-0.15, -0.1) is 0 Å². The number of rotatable bonds is 33. The second-order valence-electron chi connectivity index (χ2n) is 16.5. The van der Waals surface area contributed by atoms with Crippen LogP contribution in [0.25, 0.3) is 22.3 Å². The molecule has 10 atom stereocenters. The van der Waals surface area contributed by atoms with Crippen LogP contribution in [0.15, 0.2) is 39.5 Å². The van der Waals surface area contributed by atoms with Gasteiger partial charge in [-0.25, -0.2) is 37.6 Å². The lowest BCUT2D eigenvalue weighted by Crippen LogP contribution is -2.65. The minimum atomic E-state index is -6.29. The number of benzene rings is 2. The fourth-order valence-electron chi connectivity index (χ4n) is 7.44. The van der Waals surface area contributed by atoms with Gasteiger partial charge >= 0.3 is 93.6 Å². The van der Waals surface area contributed by atoms with E-state index in [1.165, 1.54) is 0 Å². The van der Waals surface area contributed by atoms with Gasteiger partial charge in [-0.3, -0.25) is 45.8 Å². The zero-order valence-corrected chi connectivity index (χ0v) is 49.8. The van der Waals surface area contributed by atoms with Crippen LogP contribution in [0.3, 0.4) is 0 Å². The number of ether oxygens (including phenoxy) is 7. The van der Waals surface area contributed by atoms with Gasteiger partial charge in [0, 0.05) is 17.7 Å². The van der Waals surface area contributed by atoms with Crippen molar-refractivity contribution in [2.75, 3.05) is 46.2 Å². The van der Waals surface area contributed by atoms with E-state index in [0.717, 1.165) is 24.3 Å². The largest absolute Gasteiger partial charge is 0.507 e. The fourth-order valence-corrected chi connectivity index (χ4v) is 11.3. The van der Waals surface area contributed by atoms with Gasteiger partial charge in [0.15, 0.2) is 35.8 Å². The summed E-state index contributed by atoms with van der Waals surface area (Å²) in [5.74, 6) is -5.60. The Balaban J connectivity index is 1.79. The summed E-state index contributed by atoms with van der Waals surface area (Å²) in [6, 6.07) is 3.79. The van der Waals surface area contributed by atoms with Crippen molar-refractivity contribution in [2.24, 2.45) is 0 Å². The normalized spacial score (nSPS) is 23.8. The molecule has 1 aromatic heterocycles. The molecule has 0 aliphatic carbocycles. The van der Waals surface area contributed by atoms with Crippen LogP contribution in [0.4, 0.5) is 0 Å². The standard InChI is InChI=1S/C33H42O46S9/c1-14-24(74-83(45,46)47)28(76-85(51,52)53)30(78-87(57,58)59)32(70-14)66-13-21-26(75-84(48,49)50)29(77-86(54,55)56)31(79-88(60,61)62)33(72-21)73-27-23(35)22-17(34)11-16(63-4-7-67-80(36,37)38)12-20(22)71-25(27)15-2-3-18(64-5-8-68-81(39,40)41)19(10-15)65-6-9-69-82(42,43)44/h2-3,10-12,14,21,24,26,28-34H,4-9,13H2,1H3,(H,36,37,38)(H,39,40,41)(H,42,43,44)(H,45,46,47)(H,48,49,50)(H,51,52,53)(H,54,55,56)(H,57,58,59)(H,60,61,62)/t14-,21-,24-,26-,28+,29+,30+,31-,32+,33-/m0/s1. The SMILES string of the molecule is C[C@@H]1O[C@@H](OC[C@@H]2O[C@@H](Oc3c(-c4ccc(OCCOS(=O)(=O)O)c(OCCOS(=O)(=O)O)c4)oc4cc(OCCOS(=O)(=O)O)cc(O)c4c3=O)[C@@H](OS(=O)(=O)O)[C@H](OS(=O)(=O)O)[C@H]2OS(=O)(=O)O)[C@H](OS(=O)(=O)O)[C@H](OS(=O)(=O)O)[C@H]1OS(=O)(=O)O. The first-order valence-electron chi connectivity index (χ1n) is 22.2. The van der Waals surface area contributed by atoms with E-state index in [1.807, 2.05) is 0 Å². The molecule has 0 radical (unpaired) electrons. The lowest BCUT2D eigenvalue weighted by Gasteiger charge is -2.45. The molecule has 504 valence electrons. The molecule has 2 saturated heterocycles. The second-order valence-corrected chi connectivity index (χ2v) is 26.1. The van der Waals surface area contributed by atoms with Gasteiger partial charge < -0.3 is 42.7 Å². The highest BCUT2D eigenvalue weighted by atomic mass is 32.3. The molecule has 0 bridgehead atoms. The molecule has 3 aromatic rings. The first-order valence-corrected chi connectivity index (χ1v) is 34.5. The Morgan fingerprint density at radius 1 is 0.455 bits per heavy atom. The van der Waals surface area contributed by atoms with Crippen molar-refractivity contribution in [3.63, 3.8) is 0 Å². The number of phenols is 1. The number of phenolic OH excluding ortho intramolecular Hbond substituents is 1. The molecule has 5 rings (SSSR count). The van der Waals surface area contributed by atoms with E-state index in [2.05, 4.69) is 37.6 Å². The van der Waals surface area contributed by atoms with Crippen LogP contribution in [-0.2, 0) is 145 Å². The van der Waals surface area contributed by atoms with Crippen molar-refractivity contribution in [2.45, 2.75) is 68.3 Å². The van der Waals surface area contributed by atoms with E-state index in [4.69, 9.17) is 51.2 Å². The van der Waals surface area contributed by atoms with Gasteiger partial charge in [0.05, 0.1) is 12.7 Å². The average molecular weight is 1460 g/mol. The smallest absolute Gasteiger partial charge is 0.397 e. The monoisotopic (exact) mass is 1460 g/mol. The van der Waals surface area contributed by atoms with Gasteiger partial charge in [0.25, 0.3) is 0 Å². The highest BCUT2D eigenvalue weighted by Gasteiger charge is 2.57. The summed E-state index contributed by atoms with van der Waals surface area (Å²) in [6.45, 7) is -6.52. The third-order valence-corrected chi connectivity index (χ3v) is 14.4. The summed E-state index contributed by atoms with van der Waals surface area (Å²) in [5.41, 5.74) is -3.24. The molecule has 0 amide bonds. The van der Waals surface area contributed by atoms with Crippen LogP contribution in [-0.4, -0.2) is 230 Å². The first kappa shape index (κ1) is 74.1. The van der Waals surface area contributed by atoms with Gasteiger partial charge in [-0.2, -0.15) is 75.8 Å². The highest BCUT2D eigenvalue weighted by Crippen LogP contribution is 2.42. The molecule has 10 N–H and O–H groups in total. The van der Waals surface area contributed by atoms with E-state index >= 15 is 0 Å². The molecule has 0 unspecified atom stereocenters. The molecule has 2 aromatic carbocycles. The second kappa shape index (κ2) is 28.5. The van der Waals surface area contributed by atoms with Gasteiger partial charge in [0.2, 0.25) is 17.5 Å². The zero-order valence-electron chi connectivity index (χ0n) is 42.5. The fraction of sp³-hybridized carbons (Fsp3) is 0.545. The Bertz CT molecular complexity index is 4130. The molecule has 2 aliphatic heterocycles. The van der Waals surface area contributed by atoms with E-state index in [9.17, 15) is 113 Å². The maximum Gasteiger partial charge on any atom is 0.397 e. The Morgan fingerprint density at radius 2 is 0.875 bits per heavy atom. The number of hydrogen-bond donors (Lipinski definition) is 10. The lowest BCUT2D eigenvalue weighted by atomic mass is 9.98.